The Kier molecular flexibility index (Phi) is 5.21. The molecule has 0 aliphatic heterocycles. The van der Waals surface area contributed by atoms with Crippen LogP contribution in [0.1, 0.15) is 62.9 Å². The van der Waals surface area contributed by atoms with Crippen molar-refractivity contribution in [3.05, 3.63) is 15.1 Å². The molecule has 0 saturated heterocycles. The number of aryl methyl sites for hydroxylation is 1. The molecule has 1 aliphatic carbocycles. The SMILES string of the molecule is CCCNc1nc(C2CCCCC2)nc(C)c1I. The number of aromatic nitrogens is 2. The Bertz CT molecular complexity index is 400. The van der Waals surface area contributed by atoms with Crippen molar-refractivity contribution in [1.29, 1.82) is 0 Å². The first-order chi connectivity index (χ1) is 8.72. The van der Waals surface area contributed by atoms with E-state index in [9.17, 15) is 0 Å². The highest BCUT2D eigenvalue weighted by Crippen LogP contribution is 2.32. The smallest absolute Gasteiger partial charge is 0.143 e. The summed E-state index contributed by atoms with van der Waals surface area (Å²) in [6, 6.07) is 0. The van der Waals surface area contributed by atoms with Gasteiger partial charge in [-0.05, 0) is 48.8 Å². The van der Waals surface area contributed by atoms with E-state index in [1.165, 1.54) is 35.7 Å². The lowest BCUT2D eigenvalue weighted by Crippen LogP contribution is -2.13. The van der Waals surface area contributed by atoms with Crippen molar-refractivity contribution >= 4 is 28.4 Å². The maximum absolute atomic E-state index is 4.76. The average molecular weight is 359 g/mol. The molecule has 1 saturated carbocycles. The molecule has 0 spiro atoms. The van der Waals surface area contributed by atoms with Gasteiger partial charge in [-0.15, -0.1) is 0 Å². The number of anilines is 1. The fourth-order valence-corrected chi connectivity index (χ4v) is 2.92. The summed E-state index contributed by atoms with van der Waals surface area (Å²) in [5, 5.41) is 3.42. The third kappa shape index (κ3) is 3.33. The maximum atomic E-state index is 4.76. The van der Waals surface area contributed by atoms with Gasteiger partial charge >= 0.3 is 0 Å². The van der Waals surface area contributed by atoms with Gasteiger partial charge in [0.25, 0.3) is 0 Å². The second-order valence-corrected chi connectivity index (χ2v) is 6.17. The summed E-state index contributed by atoms with van der Waals surface area (Å²) in [6.07, 6.45) is 7.67. The summed E-state index contributed by atoms with van der Waals surface area (Å²) in [5.41, 5.74) is 1.12. The molecule has 1 aliphatic rings. The second kappa shape index (κ2) is 6.68. The zero-order chi connectivity index (χ0) is 13.0. The fraction of sp³-hybridized carbons (Fsp3) is 0.714. The van der Waals surface area contributed by atoms with Crippen LogP contribution in [0.15, 0.2) is 0 Å². The minimum Gasteiger partial charge on any atom is -0.369 e. The van der Waals surface area contributed by atoms with Crippen LogP contribution in [0.2, 0.25) is 0 Å². The van der Waals surface area contributed by atoms with E-state index in [2.05, 4.69) is 41.8 Å². The fourth-order valence-electron chi connectivity index (χ4n) is 2.48. The van der Waals surface area contributed by atoms with Crippen molar-refractivity contribution in [3.63, 3.8) is 0 Å². The topological polar surface area (TPSA) is 37.8 Å². The van der Waals surface area contributed by atoms with Gasteiger partial charge in [0.15, 0.2) is 0 Å². The Morgan fingerprint density at radius 3 is 2.61 bits per heavy atom. The summed E-state index contributed by atoms with van der Waals surface area (Å²) in [4.78, 5) is 9.47. The maximum Gasteiger partial charge on any atom is 0.143 e. The van der Waals surface area contributed by atoms with Gasteiger partial charge in [-0.3, -0.25) is 0 Å². The molecule has 1 aromatic heterocycles. The molecule has 0 atom stereocenters. The molecule has 18 heavy (non-hydrogen) atoms. The monoisotopic (exact) mass is 359 g/mol. The summed E-state index contributed by atoms with van der Waals surface area (Å²) in [5.74, 6) is 2.67. The number of rotatable bonds is 4. The predicted octanol–water partition coefficient (Wildman–Crippen LogP) is 4.26. The number of halogens is 1. The Balaban J connectivity index is 2.22. The van der Waals surface area contributed by atoms with E-state index in [0.29, 0.717) is 5.92 Å². The number of hydrogen-bond donors (Lipinski definition) is 1. The van der Waals surface area contributed by atoms with Gasteiger partial charge in [-0.1, -0.05) is 26.2 Å². The van der Waals surface area contributed by atoms with Gasteiger partial charge in [-0.25, -0.2) is 9.97 Å². The lowest BCUT2D eigenvalue weighted by atomic mass is 9.88. The van der Waals surface area contributed by atoms with Crippen LogP contribution in [-0.2, 0) is 0 Å². The van der Waals surface area contributed by atoms with Crippen LogP contribution in [-0.4, -0.2) is 16.5 Å². The molecule has 1 heterocycles. The van der Waals surface area contributed by atoms with Crippen molar-refractivity contribution in [2.45, 2.75) is 58.3 Å². The average Bonchev–Trinajstić information content (AvgIpc) is 2.41. The lowest BCUT2D eigenvalue weighted by Gasteiger charge is -2.21. The van der Waals surface area contributed by atoms with Crippen molar-refractivity contribution in [1.82, 2.24) is 9.97 Å². The first-order valence-corrected chi connectivity index (χ1v) is 8.08. The molecule has 0 radical (unpaired) electrons. The molecule has 1 fully saturated rings. The first kappa shape index (κ1) is 14.0. The van der Waals surface area contributed by atoms with Gasteiger partial charge in [0.2, 0.25) is 0 Å². The standard InChI is InChI=1S/C14H22IN3/c1-3-9-16-14-12(15)10(2)17-13(18-14)11-7-5-4-6-8-11/h11H,3-9H2,1-2H3,(H,16,17,18). The van der Waals surface area contributed by atoms with Crippen LogP contribution in [0.25, 0.3) is 0 Å². The summed E-state index contributed by atoms with van der Waals surface area (Å²) >= 11 is 2.34. The van der Waals surface area contributed by atoms with Gasteiger partial charge in [0.05, 0.1) is 9.26 Å². The van der Waals surface area contributed by atoms with Gasteiger partial charge in [0.1, 0.15) is 11.6 Å². The summed E-state index contributed by atoms with van der Waals surface area (Å²) in [6.45, 7) is 5.25. The molecule has 1 aromatic rings. The Morgan fingerprint density at radius 2 is 1.94 bits per heavy atom. The molecule has 2 rings (SSSR count). The minimum atomic E-state index is 0.580. The van der Waals surface area contributed by atoms with Crippen LogP contribution < -0.4 is 5.32 Å². The highest BCUT2D eigenvalue weighted by Gasteiger charge is 2.20. The van der Waals surface area contributed by atoms with E-state index in [1.807, 2.05) is 0 Å². The first-order valence-electron chi connectivity index (χ1n) is 7.00. The Hall–Kier alpha value is -0.390. The van der Waals surface area contributed by atoms with Crippen molar-refractivity contribution in [2.75, 3.05) is 11.9 Å². The second-order valence-electron chi connectivity index (χ2n) is 5.09. The van der Waals surface area contributed by atoms with E-state index < -0.39 is 0 Å². The summed E-state index contributed by atoms with van der Waals surface area (Å²) < 4.78 is 1.17. The molecule has 0 amide bonds. The number of nitrogens with zero attached hydrogens (tertiary/aromatic N) is 2. The molecule has 4 heteroatoms. The van der Waals surface area contributed by atoms with Crippen LogP contribution >= 0.6 is 22.6 Å². The van der Waals surface area contributed by atoms with E-state index in [1.54, 1.807) is 0 Å². The van der Waals surface area contributed by atoms with Crippen molar-refractivity contribution < 1.29 is 0 Å². The minimum absolute atomic E-state index is 0.580. The highest BCUT2D eigenvalue weighted by molar-refractivity contribution is 14.1. The summed E-state index contributed by atoms with van der Waals surface area (Å²) in [7, 11) is 0. The molecule has 0 unspecified atom stereocenters. The molecule has 0 aromatic carbocycles. The quantitative estimate of drug-likeness (QED) is 0.817. The Labute approximate surface area is 123 Å². The molecule has 0 bridgehead atoms. The van der Waals surface area contributed by atoms with E-state index in [4.69, 9.17) is 9.97 Å². The van der Waals surface area contributed by atoms with Crippen LogP contribution in [0.4, 0.5) is 5.82 Å². The van der Waals surface area contributed by atoms with Gasteiger partial charge in [0, 0.05) is 12.5 Å². The van der Waals surface area contributed by atoms with E-state index in [-0.39, 0.29) is 0 Å². The highest BCUT2D eigenvalue weighted by atomic mass is 127. The zero-order valence-electron chi connectivity index (χ0n) is 11.3. The molecule has 1 N–H and O–H groups in total. The van der Waals surface area contributed by atoms with Crippen LogP contribution in [0.5, 0.6) is 0 Å². The lowest BCUT2D eigenvalue weighted by molar-refractivity contribution is 0.428. The van der Waals surface area contributed by atoms with Crippen molar-refractivity contribution in [2.24, 2.45) is 0 Å². The third-order valence-corrected chi connectivity index (χ3v) is 4.84. The zero-order valence-corrected chi connectivity index (χ0v) is 13.5. The van der Waals surface area contributed by atoms with E-state index >= 15 is 0 Å². The van der Waals surface area contributed by atoms with Crippen LogP contribution in [0.3, 0.4) is 0 Å². The molecular weight excluding hydrogens is 337 g/mol. The molecule has 100 valence electrons. The Morgan fingerprint density at radius 1 is 1.22 bits per heavy atom. The van der Waals surface area contributed by atoms with Crippen molar-refractivity contribution in [3.8, 4) is 0 Å². The molecular formula is C14H22IN3. The van der Waals surface area contributed by atoms with Gasteiger partial charge < -0.3 is 5.32 Å². The largest absolute Gasteiger partial charge is 0.369 e. The van der Waals surface area contributed by atoms with Gasteiger partial charge in [-0.2, -0.15) is 0 Å². The van der Waals surface area contributed by atoms with E-state index in [0.717, 1.165) is 30.3 Å². The number of hydrogen-bond acceptors (Lipinski definition) is 3. The normalized spacial score (nSPS) is 16.8. The predicted molar refractivity (Wildman–Crippen MR) is 84.1 cm³/mol. The number of nitrogens with one attached hydrogen (secondary N) is 1. The van der Waals surface area contributed by atoms with Crippen LogP contribution in [0, 0.1) is 10.5 Å². The molecule has 3 nitrogen and oxygen atoms in total. The third-order valence-electron chi connectivity index (χ3n) is 3.55.